The number of fused-ring (bicyclic) bond motifs is 1. The second-order valence-electron chi connectivity index (χ2n) is 9.88. The highest BCUT2D eigenvalue weighted by atomic mass is 79.9. The number of hydrogen-bond donors (Lipinski definition) is 0. The van der Waals surface area contributed by atoms with Crippen molar-refractivity contribution in [1.29, 1.82) is 0 Å². The van der Waals surface area contributed by atoms with Crippen molar-refractivity contribution in [2.24, 2.45) is 4.99 Å². The van der Waals surface area contributed by atoms with Gasteiger partial charge in [0.2, 0.25) is 0 Å². The zero-order valence-electron chi connectivity index (χ0n) is 23.4. The summed E-state index contributed by atoms with van der Waals surface area (Å²) in [5, 5.41) is 0.657. The average molecular weight is 668 g/mol. The Hall–Kier alpha value is -3.66. The highest BCUT2D eigenvalue weighted by Crippen LogP contribution is 2.37. The van der Waals surface area contributed by atoms with Crippen LogP contribution in [-0.2, 0) is 16.1 Å². The van der Waals surface area contributed by atoms with Crippen LogP contribution in [0, 0.1) is 0 Å². The molecule has 0 radical (unpaired) electrons. The summed E-state index contributed by atoms with van der Waals surface area (Å²) in [7, 11) is 1.56. The quantitative estimate of drug-likeness (QED) is 0.210. The number of carbonyl (C=O) groups is 1. The van der Waals surface area contributed by atoms with Crippen LogP contribution >= 0.6 is 38.9 Å². The van der Waals surface area contributed by atoms with Crippen molar-refractivity contribution in [2.45, 2.75) is 39.5 Å². The summed E-state index contributed by atoms with van der Waals surface area (Å²) in [6.07, 6.45) is 1.44. The third-order valence-corrected chi connectivity index (χ3v) is 8.31. The number of rotatable bonds is 8. The number of carbonyl (C=O) groups excluding carboxylic acids is 1. The molecule has 0 fully saturated rings. The van der Waals surface area contributed by atoms with Crippen LogP contribution in [0.5, 0.6) is 11.5 Å². The van der Waals surface area contributed by atoms with Gasteiger partial charge in [0.1, 0.15) is 24.1 Å². The van der Waals surface area contributed by atoms with Crippen LogP contribution in [0.1, 0.15) is 43.5 Å². The highest BCUT2D eigenvalue weighted by molar-refractivity contribution is 9.10. The van der Waals surface area contributed by atoms with Crippen LogP contribution in [0.4, 0.5) is 0 Å². The molecule has 1 aliphatic heterocycles. The fraction of sp³-hybridized carbons (Fsp3) is 0.219. The summed E-state index contributed by atoms with van der Waals surface area (Å²) in [5.74, 6) is 0.623. The summed E-state index contributed by atoms with van der Waals surface area (Å²) in [6.45, 7) is 5.66. The van der Waals surface area contributed by atoms with E-state index in [1.807, 2.05) is 60.7 Å². The molecule has 1 aliphatic rings. The number of aromatic nitrogens is 1. The van der Waals surface area contributed by atoms with E-state index in [0.717, 1.165) is 15.6 Å². The molecule has 0 N–H and O–H groups in total. The van der Waals surface area contributed by atoms with E-state index in [9.17, 15) is 9.59 Å². The monoisotopic (exact) mass is 666 g/mol. The largest absolute Gasteiger partial charge is 0.496 e. The molecule has 216 valence electrons. The molecule has 0 saturated carbocycles. The Morgan fingerprint density at radius 1 is 1.12 bits per heavy atom. The predicted octanol–water partition coefficient (Wildman–Crippen LogP) is 6.19. The van der Waals surface area contributed by atoms with Gasteiger partial charge in [-0.2, -0.15) is 0 Å². The summed E-state index contributed by atoms with van der Waals surface area (Å²) < 4.78 is 20.2. The van der Waals surface area contributed by atoms with Gasteiger partial charge >= 0.3 is 5.97 Å². The summed E-state index contributed by atoms with van der Waals surface area (Å²) in [4.78, 5) is 32.7. The van der Waals surface area contributed by atoms with Gasteiger partial charge in [0, 0.05) is 20.6 Å². The van der Waals surface area contributed by atoms with Crippen LogP contribution in [0.25, 0.3) is 6.08 Å². The van der Waals surface area contributed by atoms with Crippen molar-refractivity contribution >= 4 is 50.9 Å². The van der Waals surface area contributed by atoms with E-state index in [-0.39, 0.29) is 17.2 Å². The summed E-state index contributed by atoms with van der Waals surface area (Å²) in [6, 6.07) is 19.6. The number of allylic oxidation sites excluding steroid dienone is 1. The van der Waals surface area contributed by atoms with Gasteiger partial charge in [0.25, 0.3) is 5.56 Å². The van der Waals surface area contributed by atoms with E-state index in [2.05, 4.69) is 20.9 Å². The van der Waals surface area contributed by atoms with E-state index in [1.54, 1.807) is 44.6 Å². The van der Waals surface area contributed by atoms with Crippen LogP contribution in [-0.4, -0.2) is 23.8 Å². The topological polar surface area (TPSA) is 79.1 Å². The molecule has 0 saturated heterocycles. The van der Waals surface area contributed by atoms with Crippen molar-refractivity contribution in [3.05, 3.63) is 124 Å². The van der Waals surface area contributed by atoms with Crippen molar-refractivity contribution in [3.8, 4) is 11.5 Å². The zero-order valence-corrected chi connectivity index (χ0v) is 26.5. The molecule has 1 atom stereocenters. The summed E-state index contributed by atoms with van der Waals surface area (Å²) >= 11 is 10.8. The molecule has 10 heteroatoms. The molecule has 0 aliphatic carbocycles. The molecular weight excluding hydrogens is 640 g/mol. The maximum Gasteiger partial charge on any atom is 0.338 e. The first-order chi connectivity index (χ1) is 20.2. The number of hydrogen-bond acceptors (Lipinski definition) is 7. The second kappa shape index (κ2) is 12.7. The van der Waals surface area contributed by atoms with E-state index < -0.39 is 12.0 Å². The van der Waals surface area contributed by atoms with Crippen LogP contribution in [0.15, 0.2) is 92.3 Å². The number of methoxy groups -OCH3 is 1. The lowest BCUT2D eigenvalue weighted by Crippen LogP contribution is -2.40. The number of benzene rings is 3. The van der Waals surface area contributed by atoms with Gasteiger partial charge in [-0.1, -0.05) is 69.2 Å². The third-order valence-electron chi connectivity index (χ3n) is 6.58. The standard InChI is InChI=1S/C32H28BrClN2O5S/c1-18(2)41-31(38)28-19(3)35-32-36(29(28)24-16-22(33)11-14-26(24)39-4)30(37)27(42-32)15-21-7-5-6-8-25(21)40-17-20-9-12-23(34)13-10-20/h5-16,18,29H,17H2,1-4H3/b27-15-/t29-/m1/s1. The molecule has 7 nitrogen and oxygen atoms in total. The Labute approximate surface area is 260 Å². The smallest absolute Gasteiger partial charge is 0.338 e. The molecule has 1 aromatic heterocycles. The van der Waals surface area contributed by atoms with Gasteiger partial charge < -0.3 is 14.2 Å². The van der Waals surface area contributed by atoms with Crippen molar-refractivity contribution in [2.75, 3.05) is 7.11 Å². The average Bonchev–Trinajstić information content (AvgIpc) is 3.26. The fourth-order valence-electron chi connectivity index (χ4n) is 4.69. The Morgan fingerprint density at radius 2 is 1.86 bits per heavy atom. The van der Waals surface area contributed by atoms with Gasteiger partial charge in [-0.3, -0.25) is 9.36 Å². The second-order valence-corrected chi connectivity index (χ2v) is 12.2. The minimum absolute atomic E-state index is 0.283. The van der Waals surface area contributed by atoms with Gasteiger partial charge in [-0.25, -0.2) is 9.79 Å². The lowest BCUT2D eigenvalue weighted by molar-refractivity contribution is -0.143. The molecule has 0 bridgehead atoms. The third kappa shape index (κ3) is 6.23. The van der Waals surface area contributed by atoms with Crippen molar-refractivity contribution < 1.29 is 19.0 Å². The van der Waals surface area contributed by atoms with Crippen molar-refractivity contribution in [1.82, 2.24) is 4.57 Å². The van der Waals surface area contributed by atoms with E-state index in [4.69, 9.17) is 25.8 Å². The number of halogens is 2. The number of ether oxygens (including phenoxy) is 3. The van der Waals surface area contributed by atoms with E-state index >= 15 is 0 Å². The van der Waals surface area contributed by atoms with Crippen LogP contribution in [0.3, 0.4) is 0 Å². The molecule has 3 aromatic carbocycles. The number of thiazole rings is 1. The molecule has 0 spiro atoms. The van der Waals surface area contributed by atoms with Crippen LogP contribution in [0.2, 0.25) is 5.02 Å². The summed E-state index contributed by atoms with van der Waals surface area (Å²) in [5.41, 5.74) is 2.81. The van der Waals surface area contributed by atoms with Gasteiger partial charge in [-0.15, -0.1) is 0 Å². The van der Waals surface area contributed by atoms with Gasteiger partial charge in [0.05, 0.1) is 29.0 Å². The van der Waals surface area contributed by atoms with E-state index in [1.165, 1.54) is 11.3 Å². The molecule has 4 aromatic rings. The Balaban J connectivity index is 1.63. The Bertz CT molecular complexity index is 1860. The first kappa shape index (κ1) is 29.8. The maximum atomic E-state index is 14.1. The van der Waals surface area contributed by atoms with E-state index in [0.29, 0.717) is 43.7 Å². The predicted molar refractivity (Wildman–Crippen MR) is 168 cm³/mol. The molecule has 5 rings (SSSR count). The first-order valence-electron chi connectivity index (χ1n) is 13.2. The number of esters is 1. The molecule has 0 unspecified atom stereocenters. The lowest BCUT2D eigenvalue weighted by Gasteiger charge is -2.26. The molecule has 2 heterocycles. The first-order valence-corrected chi connectivity index (χ1v) is 15.2. The normalized spacial score (nSPS) is 14.9. The lowest BCUT2D eigenvalue weighted by atomic mass is 9.95. The SMILES string of the molecule is COc1ccc(Br)cc1[C@@H]1C(C(=O)OC(C)C)=C(C)N=c2s/c(=C\c3ccccc3OCc3ccc(Cl)cc3)c(=O)n21. The minimum Gasteiger partial charge on any atom is -0.496 e. The maximum absolute atomic E-state index is 14.1. The highest BCUT2D eigenvalue weighted by Gasteiger charge is 2.35. The molecule has 42 heavy (non-hydrogen) atoms. The number of para-hydroxylation sites is 1. The van der Waals surface area contributed by atoms with Crippen molar-refractivity contribution in [3.63, 3.8) is 0 Å². The van der Waals surface area contributed by atoms with Gasteiger partial charge in [-0.05, 0) is 68.8 Å². The Kier molecular flexibility index (Phi) is 9.01. The fourth-order valence-corrected chi connectivity index (χ4v) is 6.23. The Morgan fingerprint density at radius 3 is 2.57 bits per heavy atom. The minimum atomic E-state index is -0.807. The number of nitrogens with zero attached hydrogens (tertiary/aromatic N) is 2. The molecule has 0 amide bonds. The zero-order chi connectivity index (χ0) is 30.0. The van der Waals surface area contributed by atoms with Crippen LogP contribution < -0.4 is 24.4 Å². The molecular formula is C32H28BrClN2O5S. The van der Waals surface area contributed by atoms with Gasteiger partial charge in [0.15, 0.2) is 4.80 Å².